The van der Waals surface area contributed by atoms with Crippen LogP contribution in [0.15, 0.2) is 54.6 Å². The van der Waals surface area contributed by atoms with Gasteiger partial charge in [0.05, 0.1) is 12.7 Å². The molecule has 2 fully saturated rings. The van der Waals surface area contributed by atoms with Gasteiger partial charge in [-0.1, -0.05) is 48.5 Å². The van der Waals surface area contributed by atoms with E-state index in [4.69, 9.17) is 9.47 Å². The highest BCUT2D eigenvalue weighted by molar-refractivity contribution is 5.69. The Morgan fingerprint density at radius 2 is 1.70 bits per heavy atom. The van der Waals surface area contributed by atoms with Crippen LogP contribution in [0.1, 0.15) is 36.8 Å². The quantitative estimate of drug-likeness (QED) is 0.892. The molecular formula is C22H25NO4. The maximum atomic E-state index is 12.7. The number of methoxy groups -OCH3 is 1. The molecule has 0 spiro atoms. The van der Waals surface area contributed by atoms with Crippen molar-refractivity contribution in [1.82, 2.24) is 4.90 Å². The first-order valence-electron chi connectivity index (χ1n) is 9.45. The molecule has 2 aliphatic rings. The molecule has 27 heavy (non-hydrogen) atoms. The van der Waals surface area contributed by atoms with E-state index in [2.05, 4.69) is 0 Å². The Kier molecular flexibility index (Phi) is 4.79. The molecule has 0 aliphatic carbocycles. The van der Waals surface area contributed by atoms with Gasteiger partial charge in [-0.2, -0.15) is 0 Å². The first-order chi connectivity index (χ1) is 13.1. The molecule has 4 rings (SSSR count). The highest BCUT2D eigenvalue weighted by Gasteiger charge is 2.51. The van der Waals surface area contributed by atoms with Crippen LogP contribution in [0.3, 0.4) is 0 Å². The number of aliphatic hydroxyl groups is 1. The molecule has 5 nitrogen and oxygen atoms in total. The predicted octanol–water partition coefficient (Wildman–Crippen LogP) is 3.85. The maximum absolute atomic E-state index is 12.7. The molecular weight excluding hydrogens is 342 g/mol. The van der Waals surface area contributed by atoms with Crippen LogP contribution < -0.4 is 4.74 Å². The molecule has 5 heteroatoms. The minimum absolute atomic E-state index is 0.0121. The smallest absolute Gasteiger partial charge is 0.410 e. The van der Waals surface area contributed by atoms with Gasteiger partial charge in [-0.3, -0.25) is 0 Å². The molecule has 1 amide bonds. The van der Waals surface area contributed by atoms with Crippen molar-refractivity contribution in [3.05, 3.63) is 65.7 Å². The highest BCUT2D eigenvalue weighted by Crippen LogP contribution is 2.48. The zero-order valence-corrected chi connectivity index (χ0v) is 15.5. The number of fused-ring (bicyclic) bond motifs is 2. The number of ether oxygens (including phenoxy) is 2. The number of piperidine rings is 1. The lowest BCUT2D eigenvalue weighted by atomic mass is 9.80. The third-order valence-electron chi connectivity index (χ3n) is 5.79. The molecule has 2 unspecified atom stereocenters. The molecule has 2 aromatic rings. The summed E-state index contributed by atoms with van der Waals surface area (Å²) in [5, 5.41) is 11.4. The minimum atomic E-state index is -0.978. The molecule has 0 radical (unpaired) electrons. The van der Waals surface area contributed by atoms with Gasteiger partial charge in [0.25, 0.3) is 0 Å². The van der Waals surface area contributed by atoms with Crippen molar-refractivity contribution in [3.63, 3.8) is 0 Å². The van der Waals surface area contributed by atoms with E-state index in [-0.39, 0.29) is 24.8 Å². The average Bonchev–Trinajstić information content (AvgIpc) is 2.99. The largest absolute Gasteiger partial charge is 0.496 e. The molecule has 2 saturated heterocycles. The second-order valence-corrected chi connectivity index (χ2v) is 7.47. The van der Waals surface area contributed by atoms with Crippen molar-refractivity contribution >= 4 is 6.09 Å². The number of hydrogen-bond acceptors (Lipinski definition) is 4. The Balaban J connectivity index is 1.48. The average molecular weight is 367 g/mol. The Labute approximate surface area is 159 Å². The topological polar surface area (TPSA) is 59.0 Å². The lowest BCUT2D eigenvalue weighted by molar-refractivity contribution is -0.0548. The Morgan fingerprint density at radius 1 is 1.07 bits per heavy atom. The zero-order chi connectivity index (χ0) is 18.9. The van der Waals surface area contributed by atoms with E-state index >= 15 is 0 Å². The number of carbonyl (C=O) groups is 1. The summed E-state index contributed by atoms with van der Waals surface area (Å²) in [7, 11) is 1.62. The molecule has 2 atom stereocenters. The van der Waals surface area contributed by atoms with Gasteiger partial charge in [0.1, 0.15) is 12.4 Å². The van der Waals surface area contributed by atoms with Crippen LogP contribution in [-0.2, 0) is 16.9 Å². The van der Waals surface area contributed by atoms with E-state index in [0.717, 1.165) is 24.0 Å². The Hall–Kier alpha value is -2.53. The van der Waals surface area contributed by atoms with Gasteiger partial charge in [-0.05, 0) is 24.5 Å². The fraction of sp³-hybridized carbons (Fsp3) is 0.409. The van der Waals surface area contributed by atoms with Gasteiger partial charge in [0.15, 0.2) is 0 Å². The SMILES string of the molecule is COc1ccccc1C1(O)CC2CCC(C1)N2C(=O)OCc1ccccc1. The van der Waals surface area contributed by atoms with E-state index in [0.29, 0.717) is 18.6 Å². The number of hydrogen-bond donors (Lipinski definition) is 1. The van der Waals surface area contributed by atoms with Gasteiger partial charge in [0, 0.05) is 30.5 Å². The Bertz CT molecular complexity index is 793. The van der Waals surface area contributed by atoms with Gasteiger partial charge >= 0.3 is 6.09 Å². The lowest BCUT2D eigenvalue weighted by Gasteiger charge is -2.43. The third-order valence-corrected chi connectivity index (χ3v) is 5.79. The Morgan fingerprint density at radius 3 is 2.37 bits per heavy atom. The van der Waals surface area contributed by atoms with Crippen LogP contribution in [0.5, 0.6) is 5.75 Å². The second-order valence-electron chi connectivity index (χ2n) is 7.47. The molecule has 1 N–H and O–H groups in total. The molecule has 2 aromatic carbocycles. The van der Waals surface area contributed by atoms with Crippen molar-refractivity contribution in [2.24, 2.45) is 0 Å². The van der Waals surface area contributed by atoms with Gasteiger partial charge in [-0.25, -0.2) is 4.79 Å². The summed E-state index contributed by atoms with van der Waals surface area (Å²) in [6, 6.07) is 17.3. The lowest BCUT2D eigenvalue weighted by Crippen LogP contribution is -2.52. The fourth-order valence-electron chi connectivity index (χ4n) is 4.57. The number of amides is 1. The van der Waals surface area contributed by atoms with E-state index < -0.39 is 5.60 Å². The fourth-order valence-corrected chi connectivity index (χ4v) is 4.57. The second kappa shape index (κ2) is 7.24. The van der Waals surface area contributed by atoms with Crippen LogP contribution in [0.4, 0.5) is 4.79 Å². The summed E-state index contributed by atoms with van der Waals surface area (Å²) in [5.41, 5.74) is 0.803. The molecule has 0 saturated carbocycles. The van der Waals surface area contributed by atoms with Crippen molar-refractivity contribution in [2.45, 2.75) is 50.0 Å². The first kappa shape index (κ1) is 17.9. The standard InChI is InChI=1S/C22H25NO4/c1-26-20-10-6-5-9-19(20)22(25)13-17-11-12-18(14-22)23(17)21(24)27-15-16-7-3-2-4-8-16/h2-10,17-18,25H,11-15H2,1H3. The van der Waals surface area contributed by atoms with Gasteiger partial charge < -0.3 is 19.5 Å². The minimum Gasteiger partial charge on any atom is -0.496 e. The summed E-state index contributed by atoms with van der Waals surface area (Å²) in [6.45, 7) is 0.270. The van der Waals surface area contributed by atoms with Crippen LogP contribution in [0.2, 0.25) is 0 Å². The van der Waals surface area contributed by atoms with Crippen molar-refractivity contribution in [3.8, 4) is 5.75 Å². The summed E-state index contributed by atoms with van der Waals surface area (Å²) in [6.07, 6.45) is 2.51. The number of para-hydroxylation sites is 1. The van der Waals surface area contributed by atoms with Crippen LogP contribution in [-0.4, -0.2) is 35.3 Å². The summed E-state index contributed by atoms with van der Waals surface area (Å²) in [5.74, 6) is 0.694. The molecule has 0 aromatic heterocycles. The van der Waals surface area contributed by atoms with Crippen molar-refractivity contribution < 1.29 is 19.4 Å². The summed E-state index contributed by atoms with van der Waals surface area (Å²) in [4.78, 5) is 14.5. The molecule has 2 heterocycles. The van der Waals surface area contributed by atoms with Crippen LogP contribution in [0.25, 0.3) is 0 Å². The normalized spacial score (nSPS) is 26.7. The number of benzene rings is 2. The van der Waals surface area contributed by atoms with E-state index in [1.807, 2.05) is 59.5 Å². The molecule has 2 aliphatic heterocycles. The van der Waals surface area contributed by atoms with E-state index in [1.165, 1.54) is 0 Å². The van der Waals surface area contributed by atoms with Gasteiger partial charge in [-0.15, -0.1) is 0 Å². The van der Waals surface area contributed by atoms with Crippen LogP contribution >= 0.6 is 0 Å². The molecule has 142 valence electrons. The van der Waals surface area contributed by atoms with Crippen LogP contribution in [0, 0.1) is 0 Å². The third kappa shape index (κ3) is 3.39. The van der Waals surface area contributed by atoms with Crippen molar-refractivity contribution in [1.29, 1.82) is 0 Å². The highest BCUT2D eigenvalue weighted by atomic mass is 16.6. The molecule has 2 bridgehead atoms. The number of rotatable bonds is 4. The monoisotopic (exact) mass is 367 g/mol. The van der Waals surface area contributed by atoms with E-state index in [1.54, 1.807) is 7.11 Å². The summed E-state index contributed by atoms with van der Waals surface area (Å²) < 4.78 is 11.0. The van der Waals surface area contributed by atoms with Gasteiger partial charge in [0.2, 0.25) is 0 Å². The zero-order valence-electron chi connectivity index (χ0n) is 15.5. The summed E-state index contributed by atoms with van der Waals surface area (Å²) >= 11 is 0. The predicted molar refractivity (Wildman–Crippen MR) is 101 cm³/mol. The number of nitrogens with zero attached hydrogens (tertiary/aromatic N) is 1. The number of carbonyl (C=O) groups excluding carboxylic acids is 1. The maximum Gasteiger partial charge on any atom is 0.410 e. The first-order valence-corrected chi connectivity index (χ1v) is 9.45. The van der Waals surface area contributed by atoms with E-state index in [9.17, 15) is 9.90 Å². The van der Waals surface area contributed by atoms with Crippen molar-refractivity contribution in [2.75, 3.05) is 7.11 Å².